The molecule has 0 radical (unpaired) electrons. The smallest absolute Gasteiger partial charge is 0.161 e. The Labute approximate surface area is 121 Å². The molecule has 4 heteroatoms. The van der Waals surface area contributed by atoms with Gasteiger partial charge in [0.1, 0.15) is 6.61 Å². The van der Waals surface area contributed by atoms with Crippen molar-refractivity contribution in [1.82, 2.24) is 4.90 Å². The first-order chi connectivity index (χ1) is 9.67. The number of para-hydroxylation sites is 2. The predicted octanol–water partition coefficient (Wildman–Crippen LogP) is 2.13. The molecule has 1 aromatic rings. The normalized spacial score (nSPS) is 18.8. The van der Waals surface area contributed by atoms with E-state index in [1.807, 2.05) is 24.3 Å². The first-order valence-corrected chi connectivity index (χ1v) is 7.35. The van der Waals surface area contributed by atoms with Crippen molar-refractivity contribution in [3.05, 3.63) is 24.3 Å². The lowest BCUT2D eigenvalue weighted by Gasteiger charge is -2.38. The number of hydrogen-bond acceptors (Lipinski definition) is 4. The zero-order valence-electron chi connectivity index (χ0n) is 12.6. The molecule has 1 saturated heterocycles. The summed E-state index contributed by atoms with van der Waals surface area (Å²) in [5, 5.41) is 0. The van der Waals surface area contributed by atoms with Crippen LogP contribution in [0.2, 0.25) is 0 Å². The van der Waals surface area contributed by atoms with Crippen molar-refractivity contribution in [3.8, 4) is 11.5 Å². The Balaban J connectivity index is 1.74. The second kappa shape index (κ2) is 6.95. The summed E-state index contributed by atoms with van der Waals surface area (Å²) in [6.45, 7) is 6.96. The lowest BCUT2D eigenvalue weighted by atomic mass is 9.80. The molecule has 20 heavy (non-hydrogen) atoms. The minimum Gasteiger partial charge on any atom is -0.493 e. The number of rotatable bonds is 6. The first-order valence-electron chi connectivity index (χ1n) is 7.35. The minimum atomic E-state index is 0.333. The van der Waals surface area contributed by atoms with Gasteiger partial charge in [0.15, 0.2) is 11.5 Å². The zero-order chi connectivity index (χ0) is 14.4. The molecule has 2 N–H and O–H groups in total. The van der Waals surface area contributed by atoms with Gasteiger partial charge < -0.3 is 15.2 Å². The fourth-order valence-corrected chi connectivity index (χ4v) is 2.54. The van der Waals surface area contributed by atoms with E-state index in [1.54, 1.807) is 7.11 Å². The zero-order valence-corrected chi connectivity index (χ0v) is 12.6. The Bertz CT molecular complexity index is 415. The van der Waals surface area contributed by atoms with Crippen molar-refractivity contribution in [2.24, 2.45) is 11.1 Å². The summed E-state index contributed by atoms with van der Waals surface area (Å²) in [5.74, 6) is 1.61. The van der Waals surface area contributed by atoms with E-state index in [0.29, 0.717) is 12.0 Å². The number of benzene rings is 1. The molecular weight excluding hydrogens is 252 g/mol. The molecule has 0 saturated carbocycles. The number of likely N-dealkylation sites (tertiary alicyclic amines) is 1. The van der Waals surface area contributed by atoms with Crippen LogP contribution >= 0.6 is 0 Å². The van der Waals surface area contributed by atoms with Gasteiger partial charge in [-0.05, 0) is 50.0 Å². The minimum absolute atomic E-state index is 0.333. The Morgan fingerprint density at radius 1 is 1.20 bits per heavy atom. The van der Waals surface area contributed by atoms with E-state index in [0.717, 1.165) is 37.7 Å². The molecule has 0 amide bonds. The number of piperidine rings is 1. The summed E-state index contributed by atoms with van der Waals surface area (Å²) in [6.07, 6.45) is 2.36. The van der Waals surface area contributed by atoms with Crippen LogP contribution in [0.3, 0.4) is 0 Å². The van der Waals surface area contributed by atoms with Gasteiger partial charge in [0.2, 0.25) is 0 Å². The van der Waals surface area contributed by atoms with Gasteiger partial charge in [-0.25, -0.2) is 0 Å². The average Bonchev–Trinajstić information content (AvgIpc) is 2.50. The third-order valence-corrected chi connectivity index (χ3v) is 4.29. The molecule has 0 spiro atoms. The molecule has 1 aliphatic heterocycles. The molecule has 112 valence electrons. The molecule has 4 nitrogen and oxygen atoms in total. The summed E-state index contributed by atoms with van der Waals surface area (Å²) in [6, 6.07) is 7.78. The van der Waals surface area contributed by atoms with Crippen LogP contribution in [-0.2, 0) is 0 Å². The van der Waals surface area contributed by atoms with E-state index in [2.05, 4.69) is 11.8 Å². The molecular formula is C16H26N2O2. The van der Waals surface area contributed by atoms with Crippen molar-refractivity contribution >= 4 is 0 Å². The van der Waals surface area contributed by atoms with Crippen LogP contribution in [0.1, 0.15) is 19.8 Å². The molecule has 0 unspecified atom stereocenters. The van der Waals surface area contributed by atoms with Crippen molar-refractivity contribution in [2.45, 2.75) is 19.8 Å². The topological polar surface area (TPSA) is 47.7 Å². The van der Waals surface area contributed by atoms with Crippen molar-refractivity contribution < 1.29 is 9.47 Å². The Morgan fingerprint density at radius 3 is 2.45 bits per heavy atom. The highest BCUT2D eigenvalue weighted by atomic mass is 16.5. The monoisotopic (exact) mass is 278 g/mol. The highest BCUT2D eigenvalue weighted by Gasteiger charge is 2.28. The second-order valence-corrected chi connectivity index (χ2v) is 5.86. The van der Waals surface area contributed by atoms with E-state index >= 15 is 0 Å². The fourth-order valence-electron chi connectivity index (χ4n) is 2.54. The SMILES string of the molecule is COc1ccccc1OCCN1CCC(C)(CN)CC1. The Hall–Kier alpha value is -1.26. The molecule has 1 aliphatic rings. The van der Waals surface area contributed by atoms with Crippen LogP contribution in [-0.4, -0.2) is 44.8 Å². The number of ether oxygens (including phenoxy) is 2. The fraction of sp³-hybridized carbons (Fsp3) is 0.625. The van der Waals surface area contributed by atoms with Gasteiger partial charge in [0, 0.05) is 6.54 Å². The first kappa shape index (κ1) is 15.1. The highest BCUT2D eigenvalue weighted by molar-refractivity contribution is 5.39. The highest BCUT2D eigenvalue weighted by Crippen LogP contribution is 2.29. The summed E-state index contributed by atoms with van der Waals surface area (Å²) in [4.78, 5) is 2.45. The van der Waals surface area contributed by atoms with E-state index in [1.165, 1.54) is 12.8 Å². The standard InChI is InChI=1S/C16H26N2O2/c1-16(13-17)7-9-18(10-8-16)11-12-20-15-6-4-3-5-14(15)19-2/h3-6H,7-13,17H2,1-2H3. The van der Waals surface area contributed by atoms with Crippen LogP contribution in [0.4, 0.5) is 0 Å². The number of methoxy groups -OCH3 is 1. The summed E-state index contributed by atoms with van der Waals surface area (Å²) >= 11 is 0. The predicted molar refractivity (Wildman–Crippen MR) is 81.3 cm³/mol. The van der Waals surface area contributed by atoms with Gasteiger partial charge in [0.05, 0.1) is 7.11 Å². The molecule has 0 aromatic heterocycles. The van der Waals surface area contributed by atoms with Crippen LogP contribution < -0.4 is 15.2 Å². The summed E-state index contributed by atoms with van der Waals surface area (Å²) in [7, 11) is 1.67. The van der Waals surface area contributed by atoms with E-state index in [4.69, 9.17) is 15.2 Å². The van der Waals surface area contributed by atoms with Crippen LogP contribution in [0.5, 0.6) is 11.5 Å². The van der Waals surface area contributed by atoms with Gasteiger partial charge in [-0.2, -0.15) is 0 Å². The van der Waals surface area contributed by atoms with Crippen LogP contribution in [0.15, 0.2) is 24.3 Å². The van der Waals surface area contributed by atoms with Crippen molar-refractivity contribution in [3.63, 3.8) is 0 Å². The Kier molecular flexibility index (Phi) is 5.26. The molecule has 0 atom stereocenters. The van der Waals surface area contributed by atoms with Gasteiger partial charge in [0.25, 0.3) is 0 Å². The summed E-state index contributed by atoms with van der Waals surface area (Å²) in [5.41, 5.74) is 6.17. The lowest BCUT2D eigenvalue weighted by Crippen LogP contribution is -2.43. The van der Waals surface area contributed by atoms with Gasteiger partial charge >= 0.3 is 0 Å². The maximum absolute atomic E-state index is 5.83. The largest absolute Gasteiger partial charge is 0.493 e. The molecule has 0 aliphatic carbocycles. The quantitative estimate of drug-likeness (QED) is 0.866. The van der Waals surface area contributed by atoms with E-state index < -0.39 is 0 Å². The maximum Gasteiger partial charge on any atom is 0.161 e. The number of hydrogen-bond donors (Lipinski definition) is 1. The van der Waals surface area contributed by atoms with Crippen molar-refractivity contribution in [1.29, 1.82) is 0 Å². The van der Waals surface area contributed by atoms with Crippen molar-refractivity contribution in [2.75, 3.05) is 39.9 Å². The van der Waals surface area contributed by atoms with Crippen LogP contribution in [0, 0.1) is 5.41 Å². The van der Waals surface area contributed by atoms with Gasteiger partial charge in [-0.1, -0.05) is 19.1 Å². The number of nitrogens with zero attached hydrogens (tertiary/aromatic N) is 1. The van der Waals surface area contributed by atoms with E-state index in [-0.39, 0.29) is 0 Å². The molecule has 1 heterocycles. The molecule has 1 fully saturated rings. The number of nitrogens with two attached hydrogens (primary N) is 1. The lowest BCUT2D eigenvalue weighted by molar-refractivity contribution is 0.109. The summed E-state index contributed by atoms with van der Waals surface area (Å²) < 4.78 is 11.1. The average molecular weight is 278 g/mol. The second-order valence-electron chi connectivity index (χ2n) is 5.86. The van der Waals surface area contributed by atoms with E-state index in [9.17, 15) is 0 Å². The van der Waals surface area contributed by atoms with Crippen LogP contribution in [0.25, 0.3) is 0 Å². The third kappa shape index (κ3) is 3.87. The molecule has 0 bridgehead atoms. The maximum atomic E-state index is 5.83. The molecule has 1 aromatic carbocycles. The van der Waals surface area contributed by atoms with Gasteiger partial charge in [-0.15, -0.1) is 0 Å². The molecule has 2 rings (SSSR count). The van der Waals surface area contributed by atoms with Gasteiger partial charge in [-0.3, -0.25) is 4.90 Å². The third-order valence-electron chi connectivity index (χ3n) is 4.29. The Morgan fingerprint density at radius 2 is 1.85 bits per heavy atom.